The van der Waals surface area contributed by atoms with Gasteiger partial charge in [0.05, 0.1) is 10.6 Å². The van der Waals surface area contributed by atoms with Crippen molar-refractivity contribution in [3.8, 4) is 5.75 Å². The lowest BCUT2D eigenvalue weighted by molar-refractivity contribution is -0.118. The molecule has 0 spiro atoms. The summed E-state index contributed by atoms with van der Waals surface area (Å²) in [6, 6.07) is 4.31. The molecule has 1 aliphatic heterocycles. The summed E-state index contributed by atoms with van der Waals surface area (Å²) < 4.78 is 32.2. The highest BCUT2D eigenvalue weighted by Crippen LogP contribution is 2.44. The van der Waals surface area contributed by atoms with Gasteiger partial charge in [0.2, 0.25) is 10.0 Å². The first-order valence-electron chi connectivity index (χ1n) is 6.61. The zero-order chi connectivity index (χ0) is 15.1. The topological polar surface area (TPSA) is 105 Å². The maximum absolute atomic E-state index is 12.2. The van der Waals surface area contributed by atoms with Gasteiger partial charge in [-0.25, -0.2) is 13.1 Å². The summed E-state index contributed by atoms with van der Waals surface area (Å²) in [6.07, 6.45) is 1.64. The van der Waals surface area contributed by atoms with Crippen molar-refractivity contribution in [1.82, 2.24) is 4.72 Å². The predicted molar refractivity (Wildman–Crippen MR) is 74.5 cm³/mol. The van der Waals surface area contributed by atoms with Gasteiger partial charge in [0, 0.05) is 18.6 Å². The van der Waals surface area contributed by atoms with Crippen molar-refractivity contribution in [2.24, 2.45) is 5.41 Å². The third-order valence-electron chi connectivity index (χ3n) is 3.82. The van der Waals surface area contributed by atoms with Crippen LogP contribution in [0.15, 0.2) is 23.1 Å². The molecule has 3 N–H and O–H groups in total. The van der Waals surface area contributed by atoms with E-state index in [1.165, 1.54) is 18.2 Å². The van der Waals surface area contributed by atoms with E-state index < -0.39 is 10.0 Å². The van der Waals surface area contributed by atoms with Crippen LogP contribution in [-0.4, -0.2) is 39.2 Å². The average molecular weight is 312 g/mol. The van der Waals surface area contributed by atoms with Gasteiger partial charge in [0.15, 0.2) is 6.61 Å². The Morgan fingerprint density at radius 3 is 2.81 bits per heavy atom. The van der Waals surface area contributed by atoms with Crippen LogP contribution in [0.1, 0.15) is 12.8 Å². The largest absolute Gasteiger partial charge is 0.482 e. The molecule has 1 aromatic carbocycles. The molecular formula is C13H16N2O5S. The Bertz CT molecular complexity index is 682. The molecule has 0 radical (unpaired) electrons. The number of rotatable bonds is 5. The second-order valence-electron chi connectivity index (χ2n) is 5.48. The molecule has 21 heavy (non-hydrogen) atoms. The molecule has 1 saturated carbocycles. The van der Waals surface area contributed by atoms with Crippen LogP contribution in [0.2, 0.25) is 0 Å². The van der Waals surface area contributed by atoms with Crippen LogP contribution in [-0.2, 0) is 14.8 Å². The Hall–Kier alpha value is -1.64. The molecular weight excluding hydrogens is 296 g/mol. The lowest BCUT2D eigenvalue weighted by Crippen LogP contribution is -2.32. The Morgan fingerprint density at radius 2 is 2.14 bits per heavy atom. The summed E-state index contributed by atoms with van der Waals surface area (Å²) in [5.74, 6) is 0.129. The van der Waals surface area contributed by atoms with Crippen molar-refractivity contribution in [2.45, 2.75) is 17.7 Å². The highest BCUT2D eigenvalue weighted by molar-refractivity contribution is 7.89. The molecule has 0 unspecified atom stereocenters. The SMILES string of the molecule is O=C1COc2ccc(S(=O)(=O)NCC3(CO)CC3)cc2N1. The van der Waals surface area contributed by atoms with Gasteiger partial charge in [-0.15, -0.1) is 0 Å². The van der Waals surface area contributed by atoms with E-state index in [0.717, 1.165) is 12.8 Å². The second kappa shape index (κ2) is 4.97. The average Bonchev–Trinajstić information content (AvgIpc) is 3.25. The molecule has 0 atom stereocenters. The van der Waals surface area contributed by atoms with E-state index in [4.69, 9.17) is 4.74 Å². The first-order valence-corrected chi connectivity index (χ1v) is 8.10. The number of carbonyl (C=O) groups excluding carboxylic acids is 1. The van der Waals surface area contributed by atoms with Crippen LogP contribution in [0.5, 0.6) is 5.75 Å². The summed E-state index contributed by atoms with van der Waals surface area (Å²) in [5.41, 5.74) is 0.0379. The summed E-state index contributed by atoms with van der Waals surface area (Å²) in [5, 5.41) is 11.8. The molecule has 8 heteroatoms. The van der Waals surface area contributed by atoms with Gasteiger partial charge < -0.3 is 15.2 Å². The fourth-order valence-electron chi connectivity index (χ4n) is 2.13. The third-order valence-corrected chi connectivity index (χ3v) is 5.22. The zero-order valence-corrected chi connectivity index (χ0v) is 12.1. The number of aliphatic hydroxyl groups excluding tert-OH is 1. The van der Waals surface area contributed by atoms with E-state index >= 15 is 0 Å². The molecule has 0 aromatic heterocycles. The van der Waals surface area contributed by atoms with Crippen molar-refractivity contribution in [3.63, 3.8) is 0 Å². The third kappa shape index (κ3) is 2.87. The number of fused-ring (bicyclic) bond motifs is 1. The molecule has 1 aliphatic carbocycles. The van der Waals surface area contributed by atoms with Crippen LogP contribution >= 0.6 is 0 Å². The maximum atomic E-state index is 12.2. The number of benzene rings is 1. The maximum Gasteiger partial charge on any atom is 0.262 e. The van der Waals surface area contributed by atoms with Crippen LogP contribution < -0.4 is 14.8 Å². The lowest BCUT2D eigenvalue weighted by Gasteiger charge is -2.19. The number of hydrogen-bond donors (Lipinski definition) is 3. The first-order chi connectivity index (χ1) is 9.94. The van der Waals surface area contributed by atoms with Crippen molar-refractivity contribution < 1.29 is 23.1 Å². The highest BCUT2D eigenvalue weighted by Gasteiger charge is 2.42. The van der Waals surface area contributed by atoms with Gasteiger partial charge in [0.25, 0.3) is 5.91 Å². The number of ether oxygens (including phenoxy) is 1. The molecule has 2 aliphatic rings. The van der Waals surface area contributed by atoms with Crippen LogP contribution in [0, 0.1) is 5.41 Å². The van der Waals surface area contributed by atoms with E-state index in [1.807, 2.05) is 0 Å². The Kier molecular flexibility index (Phi) is 3.39. The van der Waals surface area contributed by atoms with E-state index in [0.29, 0.717) is 11.4 Å². The van der Waals surface area contributed by atoms with E-state index in [1.54, 1.807) is 0 Å². The van der Waals surface area contributed by atoms with Crippen molar-refractivity contribution in [3.05, 3.63) is 18.2 Å². The Balaban J connectivity index is 1.79. The minimum absolute atomic E-state index is 0.0242. The smallest absolute Gasteiger partial charge is 0.262 e. The summed E-state index contributed by atoms with van der Waals surface area (Å²) in [6.45, 7) is 0.117. The standard InChI is InChI=1S/C13H16N2O5S/c16-8-13(3-4-13)7-14-21(18,19)9-1-2-11-10(5-9)15-12(17)6-20-11/h1-2,5,14,16H,3-4,6-8H2,(H,15,17). The first kappa shape index (κ1) is 14.3. The van der Waals surface area contributed by atoms with Gasteiger partial charge >= 0.3 is 0 Å². The normalized spacial score (nSPS) is 19.4. The Morgan fingerprint density at radius 1 is 1.38 bits per heavy atom. The van der Waals surface area contributed by atoms with Crippen LogP contribution in [0.4, 0.5) is 5.69 Å². The molecule has 1 aromatic rings. The fourth-order valence-corrected chi connectivity index (χ4v) is 3.31. The van der Waals surface area contributed by atoms with Crippen molar-refractivity contribution in [1.29, 1.82) is 0 Å². The number of nitrogens with one attached hydrogen (secondary N) is 2. The zero-order valence-electron chi connectivity index (χ0n) is 11.3. The Labute approximate surface area is 122 Å². The lowest BCUT2D eigenvalue weighted by atomic mass is 10.1. The predicted octanol–water partition coefficient (Wildman–Crippen LogP) is 0.0683. The highest BCUT2D eigenvalue weighted by atomic mass is 32.2. The summed E-state index contributed by atoms with van der Waals surface area (Å²) in [4.78, 5) is 11.3. The fraction of sp³-hybridized carbons (Fsp3) is 0.462. The minimum atomic E-state index is -3.68. The van der Waals surface area contributed by atoms with E-state index in [9.17, 15) is 18.3 Å². The van der Waals surface area contributed by atoms with E-state index in [2.05, 4.69) is 10.0 Å². The van der Waals surface area contributed by atoms with Gasteiger partial charge in [0.1, 0.15) is 5.75 Å². The number of sulfonamides is 1. The van der Waals surface area contributed by atoms with Crippen molar-refractivity contribution >= 4 is 21.6 Å². The van der Waals surface area contributed by atoms with Gasteiger partial charge in [-0.05, 0) is 31.0 Å². The summed E-state index contributed by atoms with van der Waals surface area (Å²) >= 11 is 0. The molecule has 0 bridgehead atoms. The van der Waals surface area contributed by atoms with Gasteiger partial charge in [-0.2, -0.15) is 0 Å². The van der Waals surface area contributed by atoms with Crippen LogP contribution in [0.25, 0.3) is 0 Å². The number of aliphatic hydroxyl groups is 1. The minimum Gasteiger partial charge on any atom is -0.482 e. The number of carbonyl (C=O) groups is 1. The number of hydrogen-bond acceptors (Lipinski definition) is 5. The molecule has 1 heterocycles. The molecule has 1 fully saturated rings. The second-order valence-corrected chi connectivity index (χ2v) is 7.24. The quantitative estimate of drug-likeness (QED) is 0.713. The monoisotopic (exact) mass is 312 g/mol. The van der Waals surface area contributed by atoms with E-state index in [-0.39, 0.29) is 36.0 Å². The molecule has 114 valence electrons. The summed E-state index contributed by atoms with van der Waals surface area (Å²) in [7, 11) is -3.68. The number of anilines is 1. The van der Waals surface area contributed by atoms with Crippen LogP contribution in [0.3, 0.4) is 0 Å². The van der Waals surface area contributed by atoms with Gasteiger partial charge in [-0.3, -0.25) is 4.79 Å². The molecule has 0 saturated heterocycles. The molecule has 7 nitrogen and oxygen atoms in total. The van der Waals surface area contributed by atoms with Crippen molar-refractivity contribution in [2.75, 3.05) is 25.1 Å². The molecule has 3 rings (SSSR count). The molecule has 1 amide bonds. The number of amides is 1. The van der Waals surface area contributed by atoms with Gasteiger partial charge in [-0.1, -0.05) is 0 Å².